The summed E-state index contributed by atoms with van der Waals surface area (Å²) in [5, 5.41) is 14.9. The number of halogens is 1. The molecule has 1 aliphatic carbocycles. The molecule has 1 aromatic rings. The molecule has 1 aliphatic rings. The van der Waals surface area contributed by atoms with Crippen LogP contribution in [0.3, 0.4) is 0 Å². The summed E-state index contributed by atoms with van der Waals surface area (Å²) in [6, 6.07) is 5.06. The fourth-order valence-electron chi connectivity index (χ4n) is 2.85. The molecule has 1 atom stereocenters. The average molecular weight is 279 g/mol. The predicted octanol–water partition coefficient (Wildman–Crippen LogP) is 2.59. The number of nitrogens with zero attached hydrogens (tertiary/aromatic N) is 1. The quantitative estimate of drug-likeness (QED) is 0.343. The van der Waals surface area contributed by atoms with E-state index < -0.39 is 0 Å². The molecule has 0 aromatic heterocycles. The van der Waals surface area contributed by atoms with E-state index in [0.29, 0.717) is 23.7 Å². The Bertz CT molecular complexity index is 514. The SMILES string of the molecule is CC1(C)CCCC1NCc1ccc(C(N)=NO)cc1F. The Balaban J connectivity index is 2.04. The smallest absolute Gasteiger partial charge is 0.170 e. The van der Waals surface area contributed by atoms with Crippen LogP contribution in [0.25, 0.3) is 0 Å². The number of hydrogen-bond donors (Lipinski definition) is 3. The summed E-state index contributed by atoms with van der Waals surface area (Å²) in [5.41, 5.74) is 6.69. The first kappa shape index (κ1) is 14.8. The molecule has 0 bridgehead atoms. The van der Waals surface area contributed by atoms with Crippen LogP contribution < -0.4 is 11.1 Å². The van der Waals surface area contributed by atoms with Crippen molar-refractivity contribution in [3.8, 4) is 0 Å². The van der Waals surface area contributed by atoms with Gasteiger partial charge in [-0.15, -0.1) is 0 Å². The van der Waals surface area contributed by atoms with Gasteiger partial charge in [0, 0.05) is 23.7 Å². The number of rotatable bonds is 4. The minimum atomic E-state index is -0.336. The highest BCUT2D eigenvalue weighted by Gasteiger charge is 2.33. The monoisotopic (exact) mass is 279 g/mol. The fourth-order valence-corrected chi connectivity index (χ4v) is 2.85. The summed E-state index contributed by atoms with van der Waals surface area (Å²) >= 11 is 0. The molecule has 1 unspecified atom stereocenters. The van der Waals surface area contributed by atoms with Gasteiger partial charge in [0.2, 0.25) is 0 Å². The van der Waals surface area contributed by atoms with Gasteiger partial charge in [0.15, 0.2) is 5.84 Å². The van der Waals surface area contributed by atoms with Gasteiger partial charge in [0.1, 0.15) is 5.82 Å². The van der Waals surface area contributed by atoms with Gasteiger partial charge in [0.05, 0.1) is 0 Å². The lowest BCUT2D eigenvalue weighted by atomic mass is 9.87. The van der Waals surface area contributed by atoms with Crippen molar-refractivity contribution >= 4 is 5.84 Å². The molecule has 0 radical (unpaired) electrons. The number of amidine groups is 1. The zero-order valence-electron chi connectivity index (χ0n) is 12.0. The molecule has 2 rings (SSSR count). The van der Waals surface area contributed by atoms with E-state index in [9.17, 15) is 4.39 Å². The Kier molecular flexibility index (Phi) is 4.28. The van der Waals surface area contributed by atoms with E-state index in [-0.39, 0.29) is 17.1 Å². The predicted molar refractivity (Wildman–Crippen MR) is 77.2 cm³/mol. The summed E-state index contributed by atoms with van der Waals surface area (Å²) < 4.78 is 14.0. The van der Waals surface area contributed by atoms with Crippen molar-refractivity contribution in [3.63, 3.8) is 0 Å². The van der Waals surface area contributed by atoms with Crippen molar-refractivity contribution in [3.05, 3.63) is 35.1 Å². The standard InChI is InChI=1S/C15H22FN3O/c1-15(2)7-3-4-13(15)18-9-11-6-5-10(8-12(11)16)14(17)19-20/h5-6,8,13,18,20H,3-4,7,9H2,1-2H3,(H2,17,19). The summed E-state index contributed by atoms with van der Waals surface area (Å²) in [6.45, 7) is 4.99. The molecule has 20 heavy (non-hydrogen) atoms. The van der Waals surface area contributed by atoms with Crippen molar-refractivity contribution in [1.82, 2.24) is 5.32 Å². The maximum absolute atomic E-state index is 14.0. The van der Waals surface area contributed by atoms with Crippen LogP contribution in [0.4, 0.5) is 4.39 Å². The molecule has 0 saturated heterocycles. The normalized spacial score (nSPS) is 22.1. The zero-order valence-corrected chi connectivity index (χ0v) is 12.0. The first-order valence-corrected chi connectivity index (χ1v) is 6.94. The first-order chi connectivity index (χ1) is 9.44. The number of nitrogens with one attached hydrogen (secondary N) is 1. The van der Waals surface area contributed by atoms with Gasteiger partial charge < -0.3 is 16.3 Å². The molecule has 5 heteroatoms. The second-order valence-corrected chi connectivity index (χ2v) is 6.11. The maximum Gasteiger partial charge on any atom is 0.170 e. The lowest BCUT2D eigenvalue weighted by molar-refractivity contribution is 0.281. The van der Waals surface area contributed by atoms with Gasteiger partial charge in [-0.25, -0.2) is 4.39 Å². The molecular weight excluding hydrogens is 257 g/mol. The van der Waals surface area contributed by atoms with Crippen molar-refractivity contribution in [1.29, 1.82) is 0 Å². The minimum absolute atomic E-state index is 0.0830. The molecule has 1 saturated carbocycles. The van der Waals surface area contributed by atoms with Gasteiger partial charge in [0.25, 0.3) is 0 Å². The summed E-state index contributed by atoms with van der Waals surface area (Å²) in [6.07, 6.45) is 3.56. The molecule has 4 N–H and O–H groups in total. The summed E-state index contributed by atoms with van der Waals surface area (Å²) in [4.78, 5) is 0. The average Bonchev–Trinajstić information content (AvgIpc) is 2.75. The Morgan fingerprint density at radius 3 is 2.85 bits per heavy atom. The Morgan fingerprint density at radius 1 is 1.55 bits per heavy atom. The van der Waals surface area contributed by atoms with Crippen LogP contribution in [0.1, 0.15) is 44.2 Å². The third kappa shape index (κ3) is 3.10. The lowest BCUT2D eigenvalue weighted by Gasteiger charge is -2.28. The molecule has 4 nitrogen and oxygen atoms in total. The van der Waals surface area contributed by atoms with Crippen LogP contribution in [-0.2, 0) is 6.54 Å². The van der Waals surface area contributed by atoms with E-state index in [1.54, 1.807) is 12.1 Å². The van der Waals surface area contributed by atoms with E-state index in [1.807, 2.05) is 0 Å². The van der Waals surface area contributed by atoms with Gasteiger partial charge >= 0.3 is 0 Å². The molecule has 0 heterocycles. The van der Waals surface area contributed by atoms with Crippen LogP contribution in [0.15, 0.2) is 23.4 Å². The zero-order chi connectivity index (χ0) is 14.8. The highest BCUT2D eigenvalue weighted by molar-refractivity contribution is 5.97. The molecule has 110 valence electrons. The van der Waals surface area contributed by atoms with Crippen molar-refractivity contribution in [2.75, 3.05) is 0 Å². The number of benzene rings is 1. The molecule has 0 spiro atoms. The Morgan fingerprint density at radius 2 is 2.30 bits per heavy atom. The molecule has 0 aliphatic heterocycles. The topological polar surface area (TPSA) is 70.6 Å². The van der Waals surface area contributed by atoms with Gasteiger partial charge in [-0.3, -0.25) is 0 Å². The van der Waals surface area contributed by atoms with E-state index in [1.165, 1.54) is 18.9 Å². The highest BCUT2D eigenvalue weighted by Crippen LogP contribution is 2.37. The van der Waals surface area contributed by atoms with E-state index in [2.05, 4.69) is 24.3 Å². The lowest BCUT2D eigenvalue weighted by Crippen LogP contribution is -2.37. The minimum Gasteiger partial charge on any atom is -0.409 e. The van der Waals surface area contributed by atoms with Crippen molar-refractivity contribution in [2.45, 2.75) is 45.7 Å². The summed E-state index contributed by atoms with van der Waals surface area (Å²) in [5.74, 6) is -0.419. The van der Waals surface area contributed by atoms with Crippen LogP contribution in [0, 0.1) is 11.2 Å². The van der Waals surface area contributed by atoms with Crippen LogP contribution in [-0.4, -0.2) is 17.1 Å². The highest BCUT2D eigenvalue weighted by atomic mass is 19.1. The van der Waals surface area contributed by atoms with Gasteiger partial charge in [-0.05, 0) is 24.3 Å². The van der Waals surface area contributed by atoms with Gasteiger partial charge in [-0.2, -0.15) is 0 Å². The second-order valence-electron chi connectivity index (χ2n) is 6.11. The largest absolute Gasteiger partial charge is 0.409 e. The second kappa shape index (κ2) is 5.79. The molecule has 1 aromatic carbocycles. The third-order valence-electron chi connectivity index (χ3n) is 4.25. The number of hydrogen-bond acceptors (Lipinski definition) is 3. The molecule has 1 fully saturated rings. The van der Waals surface area contributed by atoms with E-state index >= 15 is 0 Å². The maximum atomic E-state index is 14.0. The van der Waals surface area contributed by atoms with Crippen molar-refractivity contribution < 1.29 is 9.60 Å². The van der Waals surface area contributed by atoms with Crippen LogP contribution in [0.5, 0.6) is 0 Å². The molecule has 0 amide bonds. The summed E-state index contributed by atoms with van der Waals surface area (Å²) in [7, 11) is 0. The van der Waals surface area contributed by atoms with Crippen LogP contribution in [0.2, 0.25) is 0 Å². The first-order valence-electron chi connectivity index (χ1n) is 6.94. The Hall–Kier alpha value is -1.62. The van der Waals surface area contributed by atoms with Crippen molar-refractivity contribution in [2.24, 2.45) is 16.3 Å². The third-order valence-corrected chi connectivity index (χ3v) is 4.25. The fraction of sp³-hybridized carbons (Fsp3) is 0.533. The van der Waals surface area contributed by atoms with E-state index in [0.717, 1.165) is 6.42 Å². The van der Waals surface area contributed by atoms with E-state index in [4.69, 9.17) is 10.9 Å². The number of oxime groups is 1. The number of nitrogens with two attached hydrogens (primary N) is 1. The van der Waals surface area contributed by atoms with Crippen LogP contribution >= 0.6 is 0 Å². The molecular formula is C15H22FN3O. The Labute approximate surface area is 118 Å². The van der Waals surface area contributed by atoms with Gasteiger partial charge in [-0.1, -0.05) is 37.6 Å².